The number of carbonyl (C=O) groups excluding carboxylic acids is 2. The number of amides is 2. The van der Waals surface area contributed by atoms with Crippen LogP contribution in [0.1, 0.15) is 11.3 Å². The first-order chi connectivity index (χ1) is 12.4. The minimum absolute atomic E-state index is 0.00384. The highest BCUT2D eigenvalue weighted by Crippen LogP contribution is 2.33. The van der Waals surface area contributed by atoms with Crippen LogP contribution in [-0.4, -0.2) is 27.5 Å². The molecule has 0 atom stereocenters. The van der Waals surface area contributed by atoms with E-state index in [-0.39, 0.29) is 17.1 Å². The van der Waals surface area contributed by atoms with Gasteiger partial charge in [0.25, 0.3) is 16.8 Å². The molecule has 1 aromatic carbocycles. The van der Waals surface area contributed by atoms with Crippen molar-refractivity contribution in [1.82, 2.24) is 4.90 Å². The first-order valence-electron chi connectivity index (χ1n) is 7.45. The maximum Gasteiger partial charge on any atom is 0.294 e. The zero-order valence-corrected chi connectivity index (χ0v) is 14.4. The first-order valence-corrected chi connectivity index (χ1v) is 8.26. The molecule has 26 heavy (non-hydrogen) atoms. The van der Waals surface area contributed by atoms with Crippen molar-refractivity contribution in [2.45, 2.75) is 6.92 Å². The number of terminal acetylenes is 1. The number of nitro groups is 1. The minimum Gasteiger partial charge on any atom is -0.457 e. The lowest BCUT2D eigenvalue weighted by atomic mass is 10.1. The molecule has 1 aliphatic heterocycles. The third kappa shape index (κ3) is 3.25. The van der Waals surface area contributed by atoms with Crippen molar-refractivity contribution in [3.05, 3.63) is 56.7 Å². The molecule has 130 valence electrons. The predicted molar refractivity (Wildman–Crippen MR) is 97.0 cm³/mol. The fourth-order valence-corrected chi connectivity index (χ4v) is 3.22. The van der Waals surface area contributed by atoms with Crippen LogP contribution >= 0.6 is 11.8 Å². The van der Waals surface area contributed by atoms with E-state index >= 15 is 0 Å². The maximum absolute atomic E-state index is 12.1. The summed E-state index contributed by atoms with van der Waals surface area (Å²) < 4.78 is 5.65. The second-order valence-electron chi connectivity index (χ2n) is 5.43. The van der Waals surface area contributed by atoms with Gasteiger partial charge in [-0.25, -0.2) is 0 Å². The molecule has 2 amide bonds. The second kappa shape index (κ2) is 6.90. The Morgan fingerprint density at radius 3 is 2.81 bits per heavy atom. The maximum atomic E-state index is 12.1. The summed E-state index contributed by atoms with van der Waals surface area (Å²) in [7, 11) is 0. The molecule has 2 heterocycles. The molecular formula is C18H12N2O5S. The molecule has 2 aromatic rings. The Bertz CT molecular complexity index is 999. The van der Waals surface area contributed by atoms with Crippen molar-refractivity contribution in [3.8, 4) is 23.7 Å². The minimum atomic E-state index is -0.470. The van der Waals surface area contributed by atoms with E-state index in [1.807, 2.05) is 0 Å². The van der Waals surface area contributed by atoms with E-state index < -0.39 is 16.1 Å². The molecule has 0 radical (unpaired) electrons. The van der Waals surface area contributed by atoms with Crippen LogP contribution in [0.3, 0.4) is 0 Å². The van der Waals surface area contributed by atoms with Gasteiger partial charge < -0.3 is 4.42 Å². The van der Waals surface area contributed by atoms with Gasteiger partial charge >= 0.3 is 0 Å². The molecule has 1 aliphatic rings. The van der Waals surface area contributed by atoms with Crippen LogP contribution in [0.25, 0.3) is 17.4 Å². The van der Waals surface area contributed by atoms with E-state index in [0.29, 0.717) is 22.6 Å². The Morgan fingerprint density at radius 2 is 2.12 bits per heavy atom. The lowest BCUT2D eigenvalue weighted by Crippen LogP contribution is -2.28. The van der Waals surface area contributed by atoms with Gasteiger partial charge in [0.1, 0.15) is 11.5 Å². The Labute approximate surface area is 152 Å². The van der Waals surface area contributed by atoms with Gasteiger partial charge in [-0.3, -0.25) is 24.6 Å². The Kier molecular flexibility index (Phi) is 4.65. The van der Waals surface area contributed by atoms with E-state index in [0.717, 1.165) is 16.7 Å². The molecule has 0 spiro atoms. The summed E-state index contributed by atoms with van der Waals surface area (Å²) in [5.74, 6) is 2.57. The third-order valence-electron chi connectivity index (χ3n) is 3.71. The molecule has 0 aliphatic carbocycles. The van der Waals surface area contributed by atoms with Crippen LogP contribution in [0.5, 0.6) is 0 Å². The zero-order chi connectivity index (χ0) is 18.8. The van der Waals surface area contributed by atoms with Gasteiger partial charge in [0.05, 0.1) is 16.4 Å². The third-order valence-corrected chi connectivity index (χ3v) is 4.62. The van der Waals surface area contributed by atoms with Crippen LogP contribution < -0.4 is 0 Å². The van der Waals surface area contributed by atoms with Crippen molar-refractivity contribution in [2.24, 2.45) is 0 Å². The zero-order valence-electron chi connectivity index (χ0n) is 13.6. The monoisotopic (exact) mass is 368 g/mol. The lowest BCUT2D eigenvalue weighted by molar-refractivity contribution is -0.385. The number of rotatable bonds is 4. The molecule has 0 bridgehead atoms. The van der Waals surface area contributed by atoms with Crippen LogP contribution in [-0.2, 0) is 4.79 Å². The van der Waals surface area contributed by atoms with Crippen molar-refractivity contribution < 1.29 is 18.9 Å². The van der Waals surface area contributed by atoms with Crippen LogP contribution in [0.4, 0.5) is 10.5 Å². The van der Waals surface area contributed by atoms with Gasteiger partial charge in [-0.1, -0.05) is 18.1 Å². The lowest BCUT2D eigenvalue weighted by Gasteiger charge is -2.06. The standard InChI is InChI=1S/C18H12N2O5S/c1-3-8-19-17(21)16(26-18(19)22)10-13-6-7-15(25-13)12-5-4-11(2)14(9-12)20(23)24/h1,4-7,9-10H,8H2,2H3/b16-10+. The SMILES string of the molecule is C#CCN1C(=O)S/C(=C/c2ccc(-c3ccc(C)c([N+](=O)[O-])c3)o2)C1=O. The molecule has 0 unspecified atom stereocenters. The molecule has 1 fully saturated rings. The van der Waals surface area contributed by atoms with Crippen molar-refractivity contribution >= 4 is 34.7 Å². The number of nitrogens with zero attached hydrogens (tertiary/aromatic N) is 2. The number of furan rings is 1. The van der Waals surface area contributed by atoms with Crippen LogP contribution in [0, 0.1) is 29.4 Å². The summed E-state index contributed by atoms with van der Waals surface area (Å²) in [5.41, 5.74) is 1.09. The summed E-state index contributed by atoms with van der Waals surface area (Å²) in [6.45, 7) is 1.57. The number of carbonyl (C=O) groups is 2. The van der Waals surface area contributed by atoms with Gasteiger partial charge in [0.15, 0.2) is 0 Å². The summed E-state index contributed by atoms with van der Waals surface area (Å²) in [6, 6.07) is 8.05. The fraction of sp³-hybridized carbons (Fsp3) is 0.111. The molecular weight excluding hydrogens is 356 g/mol. The Balaban J connectivity index is 1.89. The molecule has 0 N–H and O–H groups in total. The van der Waals surface area contributed by atoms with E-state index in [4.69, 9.17) is 10.8 Å². The summed E-state index contributed by atoms with van der Waals surface area (Å²) in [5, 5.41) is 10.6. The first kappa shape index (κ1) is 17.5. The molecule has 8 heteroatoms. The van der Waals surface area contributed by atoms with E-state index in [9.17, 15) is 19.7 Å². The Hall–Kier alpha value is -3.31. The normalized spacial score (nSPS) is 15.5. The van der Waals surface area contributed by atoms with E-state index in [1.54, 1.807) is 31.2 Å². The number of nitro benzene ring substituents is 1. The predicted octanol–water partition coefficient (Wildman–Crippen LogP) is 3.83. The van der Waals surface area contributed by atoms with Gasteiger partial charge in [-0.15, -0.1) is 6.42 Å². The van der Waals surface area contributed by atoms with Crippen molar-refractivity contribution in [3.63, 3.8) is 0 Å². The van der Waals surface area contributed by atoms with Crippen LogP contribution in [0.15, 0.2) is 39.7 Å². The van der Waals surface area contributed by atoms with Gasteiger partial charge in [0.2, 0.25) is 0 Å². The number of aryl methyl sites for hydroxylation is 1. The average Bonchev–Trinajstić information content (AvgIpc) is 3.16. The largest absolute Gasteiger partial charge is 0.457 e. The summed E-state index contributed by atoms with van der Waals surface area (Å²) in [4.78, 5) is 35.7. The second-order valence-corrected chi connectivity index (χ2v) is 6.43. The fourth-order valence-electron chi connectivity index (χ4n) is 2.40. The van der Waals surface area contributed by atoms with Gasteiger partial charge in [-0.05, 0) is 30.8 Å². The number of thioether (sulfide) groups is 1. The summed E-state index contributed by atoms with van der Waals surface area (Å²) >= 11 is 0.784. The highest BCUT2D eigenvalue weighted by molar-refractivity contribution is 8.18. The number of benzene rings is 1. The van der Waals surface area contributed by atoms with E-state index in [1.165, 1.54) is 12.1 Å². The number of hydrogen-bond acceptors (Lipinski definition) is 6. The number of hydrogen-bond donors (Lipinski definition) is 0. The van der Waals surface area contributed by atoms with Gasteiger partial charge in [0, 0.05) is 23.3 Å². The quantitative estimate of drug-likeness (QED) is 0.352. The highest BCUT2D eigenvalue weighted by Gasteiger charge is 2.34. The smallest absolute Gasteiger partial charge is 0.294 e. The van der Waals surface area contributed by atoms with E-state index in [2.05, 4.69) is 5.92 Å². The molecule has 1 saturated heterocycles. The highest BCUT2D eigenvalue weighted by atomic mass is 32.2. The van der Waals surface area contributed by atoms with Crippen LogP contribution in [0.2, 0.25) is 0 Å². The molecule has 3 rings (SSSR count). The Morgan fingerprint density at radius 1 is 1.35 bits per heavy atom. The average molecular weight is 368 g/mol. The molecule has 1 aromatic heterocycles. The van der Waals surface area contributed by atoms with Gasteiger partial charge in [-0.2, -0.15) is 0 Å². The molecule has 7 nitrogen and oxygen atoms in total. The summed E-state index contributed by atoms with van der Waals surface area (Å²) in [6.07, 6.45) is 6.60. The van der Waals surface area contributed by atoms with Crippen molar-refractivity contribution in [1.29, 1.82) is 0 Å². The number of imide groups is 1. The molecule has 0 saturated carbocycles. The van der Waals surface area contributed by atoms with Crippen molar-refractivity contribution in [2.75, 3.05) is 6.54 Å². The topological polar surface area (TPSA) is 93.7 Å².